The molecule has 3 aromatic carbocycles. The summed E-state index contributed by atoms with van der Waals surface area (Å²) in [5.41, 5.74) is 4.11. The van der Waals surface area contributed by atoms with E-state index in [1.807, 2.05) is 13.8 Å². The normalized spacial score (nSPS) is 11.2. The summed E-state index contributed by atoms with van der Waals surface area (Å²) in [7, 11) is -4.09. The number of hydrazone groups is 1. The van der Waals surface area contributed by atoms with Gasteiger partial charge in [0.25, 0.3) is 15.9 Å². The molecule has 0 atom stereocenters. The van der Waals surface area contributed by atoms with E-state index in [9.17, 15) is 13.2 Å². The molecule has 0 aliphatic heterocycles. The second-order valence-electron chi connectivity index (χ2n) is 7.81. The van der Waals surface area contributed by atoms with E-state index in [0.29, 0.717) is 30.3 Å². The van der Waals surface area contributed by atoms with Gasteiger partial charge in [0.15, 0.2) is 11.5 Å². The zero-order valence-electron chi connectivity index (χ0n) is 20.6. The van der Waals surface area contributed by atoms with Crippen LogP contribution in [0, 0.1) is 6.92 Å². The van der Waals surface area contributed by atoms with Gasteiger partial charge in [-0.1, -0.05) is 54.1 Å². The van der Waals surface area contributed by atoms with Crippen LogP contribution in [-0.4, -0.2) is 40.3 Å². The Hall–Kier alpha value is -3.82. The van der Waals surface area contributed by atoms with Gasteiger partial charge in [0.2, 0.25) is 0 Å². The van der Waals surface area contributed by atoms with Gasteiger partial charge in [0.05, 0.1) is 28.4 Å². The number of hydrogen-bond acceptors (Lipinski definition) is 6. The van der Waals surface area contributed by atoms with Crippen LogP contribution in [0.2, 0.25) is 5.02 Å². The molecule has 8 nitrogen and oxygen atoms in total. The second kappa shape index (κ2) is 12.9. The van der Waals surface area contributed by atoms with E-state index in [-0.39, 0.29) is 15.6 Å². The summed E-state index contributed by atoms with van der Waals surface area (Å²) in [4.78, 5) is 12.8. The summed E-state index contributed by atoms with van der Waals surface area (Å²) in [6.45, 7) is 7.58. The molecule has 0 saturated carbocycles. The Labute approximate surface area is 222 Å². The van der Waals surface area contributed by atoms with Crippen LogP contribution in [0.15, 0.2) is 89.4 Å². The van der Waals surface area contributed by atoms with Gasteiger partial charge >= 0.3 is 0 Å². The standard InChI is InChI=1S/C27H28ClN3O5S/c1-4-16-36-25-15-12-21(17-26(25)35-5-2)18-29-30-27(32)19-31(24-9-7-6-8-23(24)28)37(33,34)22-13-10-20(3)11-14-22/h4,6-15,17-18H,1,5,16,19H2,2-3H3,(H,30,32)/b29-18-. The Kier molecular flexibility index (Phi) is 9.71. The Morgan fingerprint density at radius 1 is 1.08 bits per heavy atom. The highest BCUT2D eigenvalue weighted by Gasteiger charge is 2.28. The molecule has 0 aliphatic rings. The molecule has 194 valence electrons. The molecule has 0 saturated heterocycles. The maximum Gasteiger partial charge on any atom is 0.264 e. The van der Waals surface area contributed by atoms with Crippen molar-refractivity contribution in [3.8, 4) is 11.5 Å². The number of nitrogens with one attached hydrogen (secondary N) is 1. The highest BCUT2D eigenvalue weighted by Crippen LogP contribution is 2.30. The molecule has 0 fully saturated rings. The van der Waals surface area contributed by atoms with Crippen LogP contribution in [0.3, 0.4) is 0 Å². The molecule has 0 spiro atoms. The van der Waals surface area contributed by atoms with Crippen LogP contribution in [0.5, 0.6) is 11.5 Å². The maximum atomic E-state index is 13.5. The zero-order valence-corrected chi connectivity index (χ0v) is 22.1. The Morgan fingerprint density at radius 3 is 2.49 bits per heavy atom. The van der Waals surface area contributed by atoms with Gasteiger partial charge < -0.3 is 9.47 Å². The molecule has 0 unspecified atom stereocenters. The Bertz CT molecular complexity index is 1380. The quantitative estimate of drug-likeness (QED) is 0.199. The molecule has 1 N–H and O–H groups in total. The summed E-state index contributed by atoms with van der Waals surface area (Å²) in [6, 6.07) is 18.0. The SMILES string of the molecule is C=CCOc1ccc(/C=N\NC(=O)CN(c2ccccc2Cl)S(=O)(=O)c2ccc(C)cc2)cc1OCC. The molecule has 37 heavy (non-hydrogen) atoms. The molecule has 3 rings (SSSR count). The molecular formula is C27H28ClN3O5S. The number of nitrogens with zero attached hydrogens (tertiary/aromatic N) is 2. The fourth-order valence-electron chi connectivity index (χ4n) is 3.28. The molecule has 0 bridgehead atoms. The lowest BCUT2D eigenvalue weighted by molar-refractivity contribution is -0.119. The summed E-state index contributed by atoms with van der Waals surface area (Å²) >= 11 is 6.30. The third-order valence-corrected chi connectivity index (χ3v) is 7.14. The van der Waals surface area contributed by atoms with E-state index in [1.54, 1.807) is 54.6 Å². The van der Waals surface area contributed by atoms with Crippen LogP contribution < -0.4 is 19.2 Å². The molecule has 0 aromatic heterocycles. The minimum Gasteiger partial charge on any atom is -0.490 e. The van der Waals surface area contributed by atoms with Gasteiger partial charge in [-0.25, -0.2) is 13.8 Å². The van der Waals surface area contributed by atoms with Crippen LogP contribution in [0.25, 0.3) is 0 Å². The van der Waals surface area contributed by atoms with E-state index in [0.717, 1.165) is 9.87 Å². The molecule has 0 aliphatic carbocycles. The Balaban J connectivity index is 1.80. The molecule has 10 heteroatoms. The number of amides is 1. The van der Waals surface area contributed by atoms with Gasteiger partial charge in [0.1, 0.15) is 13.2 Å². The number of halogens is 1. The van der Waals surface area contributed by atoms with E-state index in [4.69, 9.17) is 21.1 Å². The smallest absolute Gasteiger partial charge is 0.264 e. The number of anilines is 1. The summed E-state index contributed by atoms with van der Waals surface area (Å²) in [5.74, 6) is 0.427. The van der Waals surface area contributed by atoms with E-state index < -0.39 is 22.5 Å². The number of para-hydroxylation sites is 1. The van der Waals surface area contributed by atoms with Crippen LogP contribution in [0.1, 0.15) is 18.1 Å². The lowest BCUT2D eigenvalue weighted by atomic mass is 10.2. The summed E-state index contributed by atoms with van der Waals surface area (Å²) in [6.07, 6.45) is 3.05. The third-order valence-electron chi connectivity index (χ3n) is 5.04. The minimum atomic E-state index is -4.09. The number of aryl methyl sites for hydroxylation is 1. The maximum absolute atomic E-state index is 13.5. The first-order chi connectivity index (χ1) is 17.8. The van der Waals surface area contributed by atoms with Crippen LogP contribution in [-0.2, 0) is 14.8 Å². The van der Waals surface area contributed by atoms with Gasteiger partial charge in [-0.05, 0) is 61.9 Å². The number of rotatable bonds is 12. The number of carbonyl (C=O) groups excluding carboxylic acids is 1. The average molecular weight is 542 g/mol. The number of carbonyl (C=O) groups is 1. The first kappa shape index (κ1) is 27.8. The predicted molar refractivity (Wildman–Crippen MR) is 146 cm³/mol. The average Bonchev–Trinajstić information content (AvgIpc) is 2.88. The summed E-state index contributed by atoms with van der Waals surface area (Å²) in [5, 5.41) is 4.17. The van der Waals surface area contributed by atoms with Crippen molar-refractivity contribution in [2.24, 2.45) is 5.10 Å². The lowest BCUT2D eigenvalue weighted by Gasteiger charge is -2.24. The predicted octanol–water partition coefficient (Wildman–Crippen LogP) is 4.96. The van der Waals surface area contributed by atoms with E-state index >= 15 is 0 Å². The number of ether oxygens (including phenoxy) is 2. The molecule has 0 radical (unpaired) electrons. The minimum absolute atomic E-state index is 0.0385. The van der Waals surface area contributed by atoms with Gasteiger partial charge in [0, 0.05) is 0 Å². The Morgan fingerprint density at radius 2 is 1.81 bits per heavy atom. The van der Waals surface area contributed by atoms with Gasteiger partial charge in [-0.3, -0.25) is 9.10 Å². The fourth-order valence-corrected chi connectivity index (χ4v) is 5.00. The van der Waals surface area contributed by atoms with Gasteiger partial charge in [-0.15, -0.1) is 0 Å². The third kappa shape index (κ3) is 7.34. The lowest BCUT2D eigenvalue weighted by Crippen LogP contribution is -2.39. The van der Waals surface area contributed by atoms with Crippen molar-refractivity contribution >= 4 is 39.4 Å². The summed E-state index contributed by atoms with van der Waals surface area (Å²) < 4.78 is 39.0. The van der Waals surface area contributed by atoms with Crippen molar-refractivity contribution in [3.05, 3.63) is 95.5 Å². The fraction of sp³-hybridized carbons (Fsp3) is 0.185. The first-order valence-corrected chi connectivity index (χ1v) is 13.2. The molecular weight excluding hydrogens is 514 g/mol. The van der Waals surface area contributed by atoms with Crippen molar-refractivity contribution in [1.82, 2.24) is 5.43 Å². The highest BCUT2D eigenvalue weighted by atomic mass is 35.5. The number of benzene rings is 3. The topological polar surface area (TPSA) is 97.3 Å². The highest BCUT2D eigenvalue weighted by molar-refractivity contribution is 7.92. The van der Waals surface area contributed by atoms with Crippen LogP contribution >= 0.6 is 11.6 Å². The van der Waals surface area contributed by atoms with Crippen molar-refractivity contribution in [2.75, 3.05) is 24.1 Å². The van der Waals surface area contributed by atoms with Crippen LogP contribution in [0.4, 0.5) is 5.69 Å². The zero-order chi connectivity index (χ0) is 26.8. The van der Waals surface area contributed by atoms with Crippen molar-refractivity contribution in [2.45, 2.75) is 18.7 Å². The van der Waals surface area contributed by atoms with Crippen molar-refractivity contribution in [1.29, 1.82) is 0 Å². The van der Waals surface area contributed by atoms with Gasteiger partial charge in [-0.2, -0.15) is 5.10 Å². The number of sulfonamides is 1. The second-order valence-corrected chi connectivity index (χ2v) is 10.1. The molecule has 1 amide bonds. The monoisotopic (exact) mass is 541 g/mol. The van der Waals surface area contributed by atoms with E-state index in [2.05, 4.69) is 17.1 Å². The van der Waals surface area contributed by atoms with Crippen molar-refractivity contribution < 1.29 is 22.7 Å². The largest absolute Gasteiger partial charge is 0.490 e. The number of hydrogen-bond donors (Lipinski definition) is 1. The molecule has 3 aromatic rings. The first-order valence-electron chi connectivity index (χ1n) is 11.4. The molecule has 0 heterocycles. The van der Waals surface area contributed by atoms with Crippen molar-refractivity contribution in [3.63, 3.8) is 0 Å². The van der Waals surface area contributed by atoms with E-state index in [1.165, 1.54) is 24.4 Å².